The number of esters is 3. The first-order chi connectivity index (χ1) is 40.2. The SMILES string of the molecule is CC/C=C\C/C=C\C/C=C\C/C=C\C/C=C\CCCCCC(=O)OC(COC(=O)CCCCCCCCC/C=C\CCCCCCCC)COP(=O)(O)OCC(CO)OC(=O)CCCCCCCC/C=C\C/C=C\C/C=C\C/C=C\CC. The van der Waals surface area contributed by atoms with Crippen LogP contribution in [0.3, 0.4) is 0 Å². The van der Waals surface area contributed by atoms with Crippen molar-refractivity contribution in [2.45, 2.75) is 277 Å². The van der Waals surface area contributed by atoms with E-state index in [4.69, 9.17) is 23.3 Å². The number of phosphoric acid groups is 1. The Morgan fingerprint density at radius 3 is 1.00 bits per heavy atom. The van der Waals surface area contributed by atoms with E-state index in [0.717, 1.165) is 141 Å². The van der Waals surface area contributed by atoms with Crippen LogP contribution in [0.25, 0.3) is 0 Å². The predicted molar refractivity (Wildman–Crippen MR) is 343 cm³/mol. The van der Waals surface area contributed by atoms with E-state index in [9.17, 15) is 28.9 Å². The van der Waals surface area contributed by atoms with Gasteiger partial charge in [-0.2, -0.15) is 0 Å². The van der Waals surface area contributed by atoms with Crippen molar-refractivity contribution in [1.29, 1.82) is 0 Å². The normalized spacial score (nSPS) is 14.1. The zero-order valence-corrected chi connectivity index (χ0v) is 52.8. The summed E-state index contributed by atoms with van der Waals surface area (Å²) in [7, 11) is -4.78. The highest BCUT2D eigenvalue weighted by atomic mass is 31.2. The molecule has 0 spiro atoms. The molecule has 11 nitrogen and oxygen atoms in total. The number of phosphoric ester groups is 1. The summed E-state index contributed by atoms with van der Waals surface area (Å²) in [5.74, 6) is -1.53. The Bertz CT molecular complexity index is 1840. The molecule has 82 heavy (non-hydrogen) atoms. The molecule has 0 saturated heterocycles. The number of carbonyl (C=O) groups is 3. The summed E-state index contributed by atoms with van der Waals surface area (Å²) in [5, 5.41) is 9.86. The van der Waals surface area contributed by atoms with Crippen molar-refractivity contribution in [2.24, 2.45) is 0 Å². The van der Waals surface area contributed by atoms with Gasteiger partial charge in [0.15, 0.2) is 6.10 Å². The van der Waals surface area contributed by atoms with Crippen molar-refractivity contribution in [3.63, 3.8) is 0 Å². The number of aliphatic hydroxyl groups is 1. The Kier molecular flexibility index (Phi) is 59.8. The molecule has 0 rings (SSSR count). The topological polar surface area (TPSA) is 155 Å². The van der Waals surface area contributed by atoms with Crippen LogP contribution >= 0.6 is 7.82 Å². The van der Waals surface area contributed by atoms with Crippen molar-refractivity contribution < 1.29 is 52.2 Å². The van der Waals surface area contributed by atoms with E-state index in [2.05, 4.69) is 142 Å². The van der Waals surface area contributed by atoms with E-state index in [-0.39, 0.29) is 25.9 Å². The molecule has 0 aliphatic heterocycles. The summed E-state index contributed by atoms with van der Waals surface area (Å²) in [6.07, 6.45) is 78.6. The monoisotopic (exact) mass is 1160 g/mol. The Hall–Kier alpha value is -4.12. The van der Waals surface area contributed by atoms with Crippen LogP contribution in [0.1, 0.15) is 265 Å². The summed E-state index contributed by atoms with van der Waals surface area (Å²) < 4.78 is 39.7. The second-order valence-corrected chi connectivity index (χ2v) is 22.6. The van der Waals surface area contributed by atoms with Crippen molar-refractivity contribution >= 4 is 25.7 Å². The van der Waals surface area contributed by atoms with Crippen LogP contribution in [-0.2, 0) is 42.2 Å². The molecular weight excluding hydrogens is 1050 g/mol. The lowest BCUT2D eigenvalue weighted by Gasteiger charge is -2.21. The molecule has 0 amide bonds. The summed E-state index contributed by atoms with van der Waals surface area (Å²) >= 11 is 0. The Balaban J connectivity index is 4.78. The van der Waals surface area contributed by atoms with Gasteiger partial charge < -0.3 is 24.2 Å². The van der Waals surface area contributed by atoms with Crippen LogP contribution in [0, 0.1) is 0 Å². The molecule has 0 saturated carbocycles. The zero-order chi connectivity index (χ0) is 59.8. The Morgan fingerprint density at radius 1 is 0.354 bits per heavy atom. The first-order valence-corrected chi connectivity index (χ1v) is 33.9. The van der Waals surface area contributed by atoms with E-state index in [1.807, 2.05) is 0 Å². The first kappa shape index (κ1) is 77.9. The second kappa shape index (κ2) is 62.9. The van der Waals surface area contributed by atoms with Gasteiger partial charge in [-0.05, 0) is 128 Å². The van der Waals surface area contributed by atoms with Gasteiger partial charge in [0.05, 0.1) is 19.8 Å². The molecule has 0 heterocycles. The predicted octanol–water partition coefficient (Wildman–Crippen LogP) is 19.9. The molecule has 0 aliphatic carbocycles. The third-order valence-electron chi connectivity index (χ3n) is 13.3. The fraction of sp³-hybridized carbons (Fsp3) is 0.671. The van der Waals surface area contributed by atoms with Gasteiger partial charge in [-0.1, -0.05) is 239 Å². The first-order valence-electron chi connectivity index (χ1n) is 32.4. The summed E-state index contributed by atoms with van der Waals surface area (Å²) in [6.45, 7) is 4.37. The molecule has 12 heteroatoms. The van der Waals surface area contributed by atoms with Gasteiger partial charge in [0, 0.05) is 19.3 Å². The average molecular weight is 1170 g/mol. The van der Waals surface area contributed by atoms with Crippen LogP contribution in [-0.4, -0.2) is 66.5 Å². The number of hydrogen-bond acceptors (Lipinski definition) is 10. The lowest BCUT2D eigenvalue weighted by molar-refractivity contribution is -0.161. The highest BCUT2D eigenvalue weighted by Gasteiger charge is 2.28. The lowest BCUT2D eigenvalue weighted by Crippen LogP contribution is -2.30. The third-order valence-corrected chi connectivity index (χ3v) is 14.3. The van der Waals surface area contributed by atoms with Gasteiger partial charge >= 0.3 is 25.7 Å². The van der Waals surface area contributed by atoms with Crippen LogP contribution < -0.4 is 0 Å². The van der Waals surface area contributed by atoms with E-state index in [1.54, 1.807) is 0 Å². The summed E-state index contributed by atoms with van der Waals surface area (Å²) in [4.78, 5) is 48.8. The van der Waals surface area contributed by atoms with Crippen LogP contribution in [0.2, 0.25) is 0 Å². The van der Waals surface area contributed by atoms with Crippen molar-refractivity contribution in [3.8, 4) is 0 Å². The number of carbonyl (C=O) groups excluding carboxylic acids is 3. The smallest absolute Gasteiger partial charge is 0.462 e. The van der Waals surface area contributed by atoms with E-state index >= 15 is 0 Å². The van der Waals surface area contributed by atoms with Crippen LogP contribution in [0.4, 0.5) is 0 Å². The van der Waals surface area contributed by atoms with E-state index in [0.29, 0.717) is 19.3 Å². The Morgan fingerprint density at radius 2 is 0.634 bits per heavy atom. The van der Waals surface area contributed by atoms with Gasteiger partial charge in [0.25, 0.3) is 0 Å². The van der Waals surface area contributed by atoms with Crippen LogP contribution in [0.15, 0.2) is 122 Å². The molecule has 468 valence electrons. The maximum absolute atomic E-state index is 13.0. The maximum Gasteiger partial charge on any atom is 0.472 e. The molecule has 2 N–H and O–H groups in total. The van der Waals surface area contributed by atoms with Gasteiger partial charge in [-0.3, -0.25) is 23.4 Å². The molecule has 3 unspecified atom stereocenters. The zero-order valence-electron chi connectivity index (χ0n) is 51.9. The molecule has 0 aliphatic rings. The Labute approximate surface area is 500 Å². The molecular formula is C70H117O11P. The third kappa shape index (κ3) is 60.5. The number of hydrogen-bond donors (Lipinski definition) is 2. The van der Waals surface area contributed by atoms with Crippen LogP contribution in [0.5, 0.6) is 0 Å². The highest BCUT2D eigenvalue weighted by molar-refractivity contribution is 7.47. The number of rotatable bonds is 59. The lowest BCUT2D eigenvalue weighted by atomic mass is 10.1. The van der Waals surface area contributed by atoms with Crippen molar-refractivity contribution in [2.75, 3.05) is 26.4 Å². The standard InChI is InChI=1S/C70H117O11P/c1-4-7-10-13-16-19-22-25-28-31-33-36-39-42-45-48-51-54-57-60-69(73)80-66(62-71)64-78-82(75,76)79-65-67(63-77-68(72)59-56-53-50-47-44-41-38-35-30-27-24-21-18-15-12-9-6-3)81-70(74)61-58-55-52-49-46-43-40-37-34-32-29-26-23-20-17-14-11-8-5-2/h7-8,10-11,16-17,19-20,25-30,33-34,36-37,43,46,66-67,71H,4-6,9,12-15,18,21-24,31-32,35,38-42,44-45,47-65H2,1-3H3,(H,75,76)/b10-7-,11-8-,19-16-,20-17-,28-25-,29-26-,30-27-,36-33-,37-34-,46-43-. The van der Waals surface area contributed by atoms with Crippen molar-refractivity contribution in [1.82, 2.24) is 0 Å². The molecule has 0 aromatic rings. The van der Waals surface area contributed by atoms with Crippen molar-refractivity contribution in [3.05, 3.63) is 122 Å². The van der Waals surface area contributed by atoms with E-state index in [1.165, 1.54) is 64.2 Å². The highest BCUT2D eigenvalue weighted by Crippen LogP contribution is 2.43. The largest absolute Gasteiger partial charge is 0.472 e. The molecule has 0 radical (unpaired) electrons. The number of allylic oxidation sites excluding steroid dienone is 20. The second-order valence-electron chi connectivity index (χ2n) is 21.2. The minimum atomic E-state index is -4.78. The quantitative estimate of drug-likeness (QED) is 0.0197. The summed E-state index contributed by atoms with van der Waals surface area (Å²) in [5.41, 5.74) is 0. The number of unbranched alkanes of at least 4 members (excludes halogenated alkanes) is 22. The molecule has 3 atom stereocenters. The van der Waals surface area contributed by atoms with Gasteiger partial charge in [-0.15, -0.1) is 0 Å². The number of ether oxygens (including phenoxy) is 3. The minimum Gasteiger partial charge on any atom is -0.462 e. The molecule has 0 bridgehead atoms. The van der Waals surface area contributed by atoms with E-state index < -0.39 is 57.8 Å². The van der Waals surface area contributed by atoms with Gasteiger partial charge in [0.1, 0.15) is 12.7 Å². The maximum atomic E-state index is 13.0. The fourth-order valence-corrected chi connectivity index (χ4v) is 9.27. The molecule has 0 fully saturated rings. The molecule has 0 aromatic heterocycles. The summed E-state index contributed by atoms with van der Waals surface area (Å²) in [6, 6.07) is 0. The van der Waals surface area contributed by atoms with Gasteiger partial charge in [0.2, 0.25) is 0 Å². The van der Waals surface area contributed by atoms with Gasteiger partial charge in [-0.25, -0.2) is 4.57 Å². The average Bonchev–Trinajstić information content (AvgIpc) is 3.50. The minimum absolute atomic E-state index is 0.121. The molecule has 0 aromatic carbocycles. The fourth-order valence-electron chi connectivity index (χ4n) is 8.49. The number of aliphatic hydroxyl groups excluding tert-OH is 1.